The molecule has 0 saturated carbocycles. The minimum Gasteiger partial charge on any atom is -0.447 e. The molecule has 1 unspecified atom stereocenters. The maximum Gasteiger partial charge on any atom is 0.414 e. The molecule has 1 atom stereocenters. The molecule has 2 heterocycles. The van der Waals surface area contributed by atoms with Crippen molar-refractivity contribution in [2.75, 3.05) is 23.4 Å². The van der Waals surface area contributed by atoms with Gasteiger partial charge in [0.15, 0.2) is 0 Å². The Labute approximate surface area is 190 Å². The fourth-order valence-corrected chi connectivity index (χ4v) is 3.91. The van der Waals surface area contributed by atoms with Gasteiger partial charge in [0.25, 0.3) is 0 Å². The lowest BCUT2D eigenvalue weighted by atomic mass is 10.1. The lowest BCUT2D eigenvalue weighted by Crippen LogP contribution is -2.34. The number of rotatable bonds is 6. The lowest BCUT2D eigenvalue weighted by molar-refractivity contribution is 0.181. The number of para-hydroxylation sites is 2. The van der Waals surface area contributed by atoms with Gasteiger partial charge in [-0.05, 0) is 42.3 Å². The number of fused-ring (bicyclic) bond motifs is 1. The van der Waals surface area contributed by atoms with Crippen molar-refractivity contribution in [1.29, 1.82) is 0 Å². The van der Waals surface area contributed by atoms with Crippen LogP contribution in [0.15, 0.2) is 78.9 Å². The zero-order chi connectivity index (χ0) is 22.6. The standard InChI is InChI=1S/C25H23N5O3/c31-24(26-18-9-6-10-19(16-18)30-13-14-33-25(30)32)29-22(15-17-7-2-1-3-8-17)23-27-20-11-4-5-12-21(20)28-23/h1-12,16,22H,13-15H2,(H,27,28)(H2,26,29,31). The highest BCUT2D eigenvalue weighted by Gasteiger charge is 2.24. The van der Waals surface area contributed by atoms with Crippen LogP contribution in [0, 0.1) is 0 Å². The Kier molecular flexibility index (Phi) is 5.63. The van der Waals surface area contributed by atoms with Gasteiger partial charge >= 0.3 is 12.1 Å². The second-order valence-corrected chi connectivity index (χ2v) is 7.80. The first-order valence-corrected chi connectivity index (χ1v) is 10.8. The number of hydrogen-bond donors (Lipinski definition) is 3. The number of ether oxygens (including phenoxy) is 1. The quantitative estimate of drug-likeness (QED) is 0.406. The average molecular weight is 441 g/mol. The highest BCUT2D eigenvalue weighted by molar-refractivity contribution is 5.93. The molecule has 1 saturated heterocycles. The van der Waals surface area contributed by atoms with E-state index in [-0.39, 0.29) is 18.2 Å². The van der Waals surface area contributed by atoms with Crippen molar-refractivity contribution in [3.63, 3.8) is 0 Å². The van der Waals surface area contributed by atoms with E-state index in [0.717, 1.165) is 16.6 Å². The molecular weight excluding hydrogens is 418 g/mol. The number of aromatic amines is 1. The van der Waals surface area contributed by atoms with Crippen LogP contribution in [-0.4, -0.2) is 35.2 Å². The van der Waals surface area contributed by atoms with Crippen LogP contribution in [0.5, 0.6) is 0 Å². The molecule has 3 aromatic carbocycles. The number of amides is 3. The Hall–Kier alpha value is -4.33. The van der Waals surface area contributed by atoms with Gasteiger partial charge in [0.1, 0.15) is 12.4 Å². The predicted molar refractivity (Wildman–Crippen MR) is 126 cm³/mol. The van der Waals surface area contributed by atoms with Crippen molar-refractivity contribution in [3.8, 4) is 0 Å². The molecular formula is C25H23N5O3. The first kappa shape index (κ1) is 20.6. The largest absolute Gasteiger partial charge is 0.447 e. The summed E-state index contributed by atoms with van der Waals surface area (Å²) in [5.74, 6) is 0.684. The average Bonchev–Trinajstić information content (AvgIpc) is 3.45. The number of nitrogens with one attached hydrogen (secondary N) is 3. The van der Waals surface area contributed by atoms with Crippen molar-refractivity contribution in [3.05, 3.63) is 90.3 Å². The van der Waals surface area contributed by atoms with E-state index in [1.54, 1.807) is 18.2 Å². The van der Waals surface area contributed by atoms with Crippen LogP contribution in [0.1, 0.15) is 17.4 Å². The van der Waals surface area contributed by atoms with Crippen LogP contribution in [-0.2, 0) is 11.2 Å². The monoisotopic (exact) mass is 441 g/mol. The molecule has 0 spiro atoms. The lowest BCUT2D eigenvalue weighted by Gasteiger charge is -2.18. The number of carbonyl (C=O) groups excluding carboxylic acids is 2. The third kappa shape index (κ3) is 4.64. The normalized spacial score (nSPS) is 14.2. The van der Waals surface area contributed by atoms with E-state index in [1.807, 2.05) is 60.7 Å². The molecule has 1 aliphatic heterocycles. The SMILES string of the molecule is O=C(Nc1cccc(N2CCOC2=O)c1)NC(Cc1ccccc1)c1nc2ccccc2[nH]1. The van der Waals surface area contributed by atoms with Crippen LogP contribution in [0.25, 0.3) is 11.0 Å². The molecule has 1 aromatic heterocycles. The molecule has 33 heavy (non-hydrogen) atoms. The van der Waals surface area contributed by atoms with Gasteiger partial charge in [-0.3, -0.25) is 4.90 Å². The van der Waals surface area contributed by atoms with Crippen molar-refractivity contribution in [2.45, 2.75) is 12.5 Å². The fraction of sp³-hybridized carbons (Fsp3) is 0.160. The summed E-state index contributed by atoms with van der Waals surface area (Å²) in [4.78, 5) is 34.3. The summed E-state index contributed by atoms with van der Waals surface area (Å²) in [5.41, 5.74) is 4.09. The molecule has 3 N–H and O–H groups in total. The number of nitrogens with zero attached hydrogens (tertiary/aromatic N) is 2. The van der Waals surface area contributed by atoms with E-state index in [1.165, 1.54) is 4.90 Å². The van der Waals surface area contributed by atoms with E-state index in [9.17, 15) is 9.59 Å². The van der Waals surface area contributed by atoms with Crippen molar-refractivity contribution < 1.29 is 14.3 Å². The van der Waals surface area contributed by atoms with E-state index in [2.05, 4.69) is 20.6 Å². The Balaban J connectivity index is 1.35. The van der Waals surface area contributed by atoms with Gasteiger partial charge in [0.2, 0.25) is 0 Å². The third-order valence-electron chi connectivity index (χ3n) is 5.50. The van der Waals surface area contributed by atoms with Gasteiger partial charge in [-0.1, -0.05) is 48.5 Å². The molecule has 166 valence electrons. The van der Waals surface area contributed by atoms with Gasteiger partial charge in [-0.15, -0.1) is 0 Å². The molecule has 4 aromatic rings. The van der Waals surface area contributed by atoms with Crippen LogP contribution in [0.4, 0.5) is 21.0 Å². The highest BCUT2D eigenvalue weighted by atomic mass is 16.6. The van der Waals surface area contributed by atoms with Gasteiger partial charge < -0.3 is 20.4 Å². The summed E-state index contributed by atoms with van der Waals surface area (Å²) in [6, 6.07) is 24.1. The van der Waals surface area contributed by atoms with Crippen molar-refractivity contribution in [2.24, 2.45) is 0 Å². The molecule has 5 rings (SSSR count). The number of urea groups is 1. The topological polar surface area (TPSA) is 99.3 Å². The van der Waals surface area contributed by atoms with Crippen LogP contribution in [0.2, 0.25) is 0 Å². The fourth-order valence-electron chi connectivity index (χ4n) is 3.91. The van der Waals surface area contributed by atoms with Gasteiger partial charge in [0, 0.05) is 11.4 Å². The number of hydrogen-bond acceptors (Lipinski definition) is 4. The van der Waals surface area contributed by atoms with Crippen LogP contribution < -0.4 is 15.5 Å². The zero-order valence-corrected chi connectivity index (χ0v) is 17.8. The number of imidazole rings is 1. The van der Waals surface area contributed by atoms with Crippen molar-refractivity contribution in [1.82, 2.24) is 15.3 Å². The van der Waals surface area contributed by atoms with Gasteiger partial charge in [-0.25, -0.2) is 14.6 Å². The molecule has 8 nitrogen and oxygen atoms in total. The minimum atomic E-state index is -0.385. The Morgan fingerprint density at radius 1 is 1.06 bits per heavy atom. The van der Waals surface area contributed by atoms with Crippen molar-refractivity contribution >= 4 is 34.5 Å². The Bertz CT molecular complexity index is 1250. The molecule has 1 aliphatic rings. The maximum absolute atomic E-state index is 12.9. The molecule has 0 aliphatic carbocycles. The smallest absolute Gasteiger partial charge is 0.414 e. The first-order chi connectivity index (χ1) is 16.2. The molecule has 0 bridgehead atoms. The highest BCUT2D eigenvalue weighted by Crippen LogP contribution is 2.23. The second kappa shape index (κ2) is 9.04. The van der Waals surface area contributed by atoms with Crippen LogP contribution >= 0.6 is 0 Å². The summed E-state index contributed by atoms with van der Waals surface area (Å²) in [6.45, 7) is 0.843. The summed E-state index contributed by atoms with van der Waals surface area (Å²) in [6.07, 6.45) is 0.192. The van der Waals surface area contributed by atoms with E-state index in [4.69, 9.17) is 4.74 Å². The zero-order valence-electron chi connectivity index (χ0n) is 17.8. The van der Waals surface area contributed by atoms with Gasteiger partial charge in [-0.2, -0.15) is 0 Å². The molecule has 1 fully saturated rings. The van der Waals surface area contributed by atoms with E-state index >= 15 is 0 Å². The predicted octanol–water partition coefficient (Wildman–Crippen LogP) is 4.63. The minimum absolute atomic E-state index is 0.357. The third-order valence-corrected chi connectivity index (χ3v) is 5.50. The number of benzene rings is 3. The maximum atomic E-state index is 12.9. The Morgan fingerprint density at radius 3 is 2.67 bits per heavy atom. The Morgan fingerprint density at radius 2 is 1.88 bits per heavy atom. The number of aromatic nitrogens is 2. The number of cyclic esters (lactones) is 1. The summed E-state index contributed by atoms with van der Waals surface area (Å²) in [5, 5.41) is 5.91. The van der Waals surface area contributed by atoms with Gasteiger partial charge in [0.05, 0.1) is 23.6 Å². The molecule has 3 amide bonds. The molecule has 8 heteroatoms. The molecule has 0 radical (unpaired) electrons. The van der Waals surface area contributed by atoms with E-state index < -0.39 is 0 Å². The number of carbonyl (C=O) groups is 2. The second-order valence-electron chi connectivity index (χ2n) is 7.80. The number of anilines is 2. The summed E-state index contributed by atoms with van der Waals surface area (Å²) < 4.78 is 5.00. The summed E-state index contributed by atoms with van der Waals surface area (Å²) >= 11 is 0. The van der Waals surface area contributed by atoms with E-state index in [0.29, 0.717) is 36.8 Å². The summed E-state index contributed by atoms with van der Waals surface area (Å²) in [7, 11) is 0. The first-order valence-electron chi connectivity index (χ1n) is 10.8. The number of H-pyrrole nitrogens is 1. The van der Waals surface area contributed by atoms with Crippen LogP contribution in [0.3, 0.4) is 0 Å².